The van der Waals surface area contributed by atoms with Gasteiger partial charge in [0.25, 0.3) is 0 Å². The molecule has 0 aliphatic heterocycles. The van der Waals surface area contributed by atoms with Gasteiger partial charge in [-0.3, -0.25) is 4.79 Å². The third kappa shape index (κ3) is 2.99. The molecular weight excluding hydrogens is 374 g/mol. The van der Waals surface area contributed by atoms with Crippen molar-refractivity contribution in [2.24, 2.45) is 0 Å². The van der Waals surface area contributed by atoms with Gasteiger partial charge < -0.3 is 9.84 Å². The van der Waals surface area contributed by atoms with Crippen molar-refractivity contribution in [3.63, 3.8) is 0 Å². The Bertz CT molecular complexity index is 1050. The fourth-order valence-electron chi connectivity index (χ4n) is 3.55. The minimum Gasteiger partial charge on any atom is -0.478 e. The SMILES string of the molecule is COC(=O)C1(c2ccc(-c3ccc(-c4nsc(C)c4C(=O)O)cc3)cc2)CC1. The van der Waals surface area contributed by atoms with Gasteiger partial charge in [0.15, 0.2) is 0 Å². The van der Waals surface area contributed by atoms with E-state index in [0.29, 0.717) is 10.6 Å². The van der Waals surface area contributed by atoms with Crippen LogP contribution in [0.1, 0.15) is 33.6 Å². The van der Waals surface area contributed by atoms with Gasteiger partial charge in [-0.1, -0.05) is 48.5 Å². The lowest BCUT2D eigenvalue weighted by Gasteiger charge is -2.13. The fourth-order valence-corrected chi connectivity index (χ4v) is 4.25. The summed E-state index contributed by atoms with van der Waals surface area (Å²) in [5, 5.41) is 9.42. The van der Waals surface area contributed by atoms with Gasteiger partial charge in [0, 0.05) is 10.4 Å². The minimum atomic E-state index is -0.958. The molecule has 3 aromatic rings. The maximum atomic E-state index is 12.0. The Morgan fingerprint density at radius 3 is 2.04 bits per heavy atom. The average molecular weight is 393 g/mol. The summed E-state index contributed by atoms with van der Waals surface area (Å²) in [6.07, 6.45) is 1.65. The van der Waals surface area contributed by atoms with E-state index in [9.17, 15) is 14.7 Å². The van der Waals surface area contributed by atoms with E-state index in [1.165, 1.54) is 18.6 Å². The molecule has 0 radical (unpaired) electrons. The topological polar surface area (TPSA) is 76.5 Å². The van der Waals surface area contributed by atoms with Gasteiger partial charge in [0.1, 0.15) is 5.56 Å². The molecule has 0 bridgehead atoms. The molecule has 1 saturated carbocycles. The molecular formula is C22H19NO4S. The summed E-state index contributed by atoms with van der Waals surface area (Å²) in [7, 11) is 1.43. The Kier molecular flexibility index (Phi) is 4.51. The highest BCUT2D eigenvalue weighted by atomic mass is 32.1. The second-order valence-corrected chi connectivity index (χ2v) is 7.97. The largest absolute Gasteiger partial charge is 0.478 e. The number of benzene rings is 2. The van der Waals surface area contributed by atoms with E-state index in [4.69, 9.17) is 4.74 Å². The number of esters is 1. The molecule has 0 unspecified atom stereocenters. The van der Waals surface area contributed by atoms with Gasteiger partial charge in [0.2, 0.25) is 0 Å². The predicted molar refractivity (Wildman–Crippen MR) is 108 cm³/mol. The molecule has 1 aliphatic rings. The fraction of sp³-hybridized carbons (Fsp3) is 0.227. The van der Waals surface area contributed by atoms with Crippen molar-refractivity contribution in [3.05, 3.63) is 64.5 Å². The minimum absolute atomic E-state index is 0.169. The molecule has 1 aliphatic carbocycles. The standard InChI is InChI=1S/C22H19NO4S/c1-13-18(20(24)25)19(23-28-13)16-5-3-14(4-6-16)15-7-9-17(10-8-15)22(11-12-22)21(26)27-2/h3-10H,11-12H2,1-2H3,(H,24,25). The van der Waals surface area contributed by atoms with E-state index < -0.39 is 11.4 Å². The number of carbonyl (C=O) groups excluding carboxylic acids is 1. The number of ether oxygens (including phenoxy) is 1. The summed E-state index contributed by atoms with van der Waals surface area (Å²) in [6, 6.07) is 15.7. The highest BCUT2D eigenvalue weighted by molar-refractivity contribution is 7.06. The molecule has 0 spiro atoms. The van der Waals surface area contributed by atoms with Crippen LogP contribution in [0.4, 0.5) is 0 Å². The van der Waals surface area contributed by atoms with E-state index >= 15 is 0 Å². The molecule has 1 fully saturated rings. The molecule has 2 aromatic carbocycles. The Labute approximate surface area is 166 Å². The monoisotopic (exact) mass is 393 g/mol. The van der Waals surface area contributed by atoms with Crippen LogP contribution in [0.3, 0.4) is 0 Å². The maximum Gasteiger partial charge on any atom is 0.339 e. The van der Waals surface area contributed by atoms with Gasteiger partial charge in [-0.25, -0.2) is 4.79 Å². The normalized spacial score (nSPS) is 14.5. The Morgan fingerprint density at radius 2 is 1.54 bits per heavy atom. The first kappa shape index (κ1) is 18.4. The van der Waals surface area contributed by atoms with Gasteiger partial charge in [-0.05, 0) is 48.0 Å². The molecule has 1 heterocycles. The van der Waals surface area contributed by atoms with Gasteiger partial charge in [-0.15, -0.1) is 0 Å². The summed E-state index contributed by atoms with van der Waals surface area (Å²) in [4.78, 5) is 24.2. The highest BCUT2D eigenvalue weighted by Gasteiger charge is 2.52. The van der Waals surface area contributed by atoms with E-state index in [2.05, 4.69) is 4.37 Å². The number of carbonyl (C=O) groups is 2. The summed E-state index contributed by atoms with van der Waals surface area (Å²) in [6.45, 7) is 1.77. The van der Waals surface area contributed by atoms with E-state index in [1.54, 1.807) is 6.92 Å². The molecule has 142 valence electrons. The summed E-state index contributed by atoms with van der Waals surface area (Å²) in [5.41, 5.74) is 4.12. The van der Waals surface area contributed by atoms with E-state index in [-0.39, 0.29) is 11.5 Å². The Balaban J connectivity index is 1.60. The lowest BCUT2D eigenvalue weighted by molar-refractivity contribution is -0.143. The van der Waals surface area contributed by atoms with Crippen LogP contribution in [0.15, 0.2) is 48.5 Å². The Morgan fingerprint density at radius 1 is 1.00 bits per heavy atom. The number of aromatic carboxylic acids is 1. The zero-order valence-electron chi connectivity index (χ0n) is 15.6. The van der Waals surface area contributed by atoms with Crippen molar-refractivity contribution >= 4 is 23.5 Å². The van der Waals surface area contributed by atoms with Crippen LogP contribution < -0.4 is 0 Å². The molecule has 1 aromatic heterocycles. The lowest BCUT2D eigenvalue weighted by Crippen LogP contribution is -2.21. The maximum absolute atomic E-state index is 12.0. The number of carboxylic acid groups (broad SMARTS) is 1. The van der Waals surface area contributed by atoms with Gasteiger partial charge in [0.05, 0.1) is 18.2 Å². The van der Waals surface area contributed by atoms with E-state index in [0.717, 1.165) is 35.1 Å². The number of hydrogen-bond donors (Lipinski definition) is 1. The summed E-state index contributed by atoms with van der Waals surface area (Å²) in [5.74, 6) is -1.13. The first-order valence-electron chi connectivity index (χ1n) is 8.95. The molecule has 6 heteroatoms. The quantitative estimate of drug-likeness (QED) is 0.637. The van der Waals surface area contributed by atoms with Crippen LogP contribution in [0.2, 0.25) is 0 Å². The van der Waals surface area contributed by atoms with Crippen molar-refractivity contribution in [1.82, 2.24) is 4.37 Å². The van der Waals surface area contributed by atoms with Crippen LogP contribution in [0, 0.1) is 6.92 Å². The summed E-state index contributed by atoms with van der Waals surface area (Å²) >= 11 is 1.20. The van der Waals surface area contributed by atoms with Crippen molar-refractivity contribution < 1.29 is 19.4 Å². The summed E-state index contributed by atoms with van der Waals surface area (Å²) < 4.78 is 9.24. The molecule has 0 amide bonds. The first-order valence-corrected chi connectivity index (χ1v) is 9.73. The number of aryl methyl sites for hydroxylation is 1. The second kappa shape index (κ2) is 6.87. The lowest BCUT2D eigenvalue weighted by atomic mass is 9.93. The number of hydrogen-bond acceptors (Lipinski definition) is 5. The van der Waals surface area contributed by atoms with Crippen molar-refractivity contribution in [2.45, 2.75) is 25.2 Å². The third-order valence-electron chi connectivity index (χ3n) is 5.33. The molecule has 0 atom stereocenters. The van der Waals surface area contributed by atoms with Crippen molar-refractivity contribution in [2.75, 3.05) is 7.11 Å². The number of nitrogens with zero attached hydrogens (tertiary/aromatic N) is 1. The van der Waals surface area contributed by atoms with Crippen LogP contribution in [-0.4, -0.2) is 28.5 Å². The van der Waals surface area contributed by atoms with Crippen LogP contribution in [0.5, 0.6) is 0 Å². The molecule has 0 saturated heterocycles. The molecule has 5 nitrogen and oxygen atoms in total. The van der Waals surface area contributed by atoms with Gasteiger partial charge >= 0.3 is 11.9 Å². The highest BCUT2D eigenvalue weighted by Crippen LogP contribution is 2.49. The smallest absolute Gasteiger partial charge is 0.339 e. The number of carboxylic acids is 1. The Hall–Kier alpha value is -2.99. The van der Waals surface area contributed by atoms with Crippen molar-refractivity contribution in [3.8, 4) is 22.4 Å². The molecule has 28 heavy (non-hydrogen) atoms. The number of rotatable bonds is 5. The predicted octanol–water partition coefficient (Wildman–Crippen LogP) is 4.69. The van der Waals surface area contributed by atoms with Crippen molar-refractivity contribution in [1.29, 1.82) is 0 Å². The zero-order valence-corrected chi connectivity index (χ0v) is 16.4. The first-order chi connectivity index (χ1) is 13.5. The van der Waals surface area contributed by atoms with Gasteiger partial charge in [-0.2, -0.15) is 4.37 Å². The van der Waals surface area contributed by atoms with Crippen LogP contribution in [-0.2, 0) is 14.9 Å². The molecule has 4 rings (SSSR count). The average Bonchev–Trinajstić information content (AvgIpc) is 3.43. The molecule has 1 N–H and O–H groups in total. The van der Waals surface area contributed by atoms with Crippen LogP contribution >= 0.6 is 11.5 Å². The van der Waals surface area contributed by atoms with E-state index in [1.807, 2.05) is 48.5 Å². The number of aromatic nitrogens is 1. The number of methoxy groups -OCH3 is 1. The van der Waals surface area contributed by atoms with Crippen LogP contribution in [0.25, 0.3) is 22.4 Å². The zero-order chi connectivity index (χ0) is 19.9. The second-order valence-electron chi connectivity index (χ2n) is 7.00. The third-order valence-corrected chi connectivity index (χ3v) is 6.08.